The quantitative estimate of drug-likeness (QED) is 0.669. The highest BCUT2D eigenvalue weighted by atomic mass is 32.1. The van der Waals surface area contributed by atoms with Gasteiger partial charge in [-0.05, 0) is 32.9 Å². The third-order valence-electron chi connectivity index (χ3n) is 2.96. The predicted molar refractivity (Wildman–Crippen MR) is 74.4 cm³/mol. The number of hydrogen-bond acceptors (Lipinski definition) is 5. The standard InChI is InChI=1S/C13H16N2O3S/c1-8-6-12(10(3)18-8)9(2)14-7-11-4-5-13(19-11)15(16)17/h4-6,9,14H,7H2,1-3H3. The molecule has 0 saturated carbocycles. The number of nitrogens with one attached hydrogen (secondary N) is 1. The Morgan fingerprint density at radius 2 is 2.21 bits per heavy atom. The molecule has 19 heavy (non-hydrogen) atoms. The van der Waals surface area contributed by atoms with Crippen molar-refractivity contribution in [2.75, 3.05) is 0 Å². The molecule has 2 heterocycles. The van der Waals surface area contributed by atoms with Gasteiger partial charge in [0.25, 0.3) is 0 Å². The van der Waals surface area contributed by atoms with E-state index in [1.54, 1.807) is 12.1 Å². The Labute approximate surface area is 115 Å². The summed E-state index contributed by atoms with van der Waals surface area (Å²) in [6.45, 7) is 6.53. The van der Waals surface area contributed by atoms with Crippen molar-refractivity contribution in [2.45, 2.75) is 33.4 Å². The molecule has 0 fully saturated rings. The first-order valence-electron chi connectivity index (χ1n) is 6.01. The summed E-state index contributed by atoms with van der Waals surface area (Å²) in [4.78, 5) is 11.2. The predicted octanol–water partition coefficient (Wildman–Crippen LogP) is 3.72. The summed E-state index contributed by atoms with van der Waals surface area (Å²) in [5.41, 5.74) is 1.13. The first-order chi connectivity index (χ1) is 8.97. The maximum absolute atomic E-state index is 10.6. The zero-order chi connectivity index (χ0) is 14.0. The average Bonchev–Trinajstić information content (AvgIpc) is 2.93. The first-order valence-corrected chi connectivity index (χ1v) is 6.82. The van der Waals surface area contributed by atoms with Gasteiger partial charge in [0.1, 0.15) is 11.5 Å². The lowest BCUT2D eigenvalue weighted by atomic mass is 10.1. The van der Waals surface area contributed by atoms with Crippen molar-refractivity contribution < 1.29 is 9.34 Å². The number of rotatable bonds is 5. The van der Waals surface area contributed by atoms with E-state index in [1.807, 2.05) is 19.9 Å². The highest BCUT2D eigenvalue weighted by Gasteiger charge is 2.14. The Morgan fingerprint density at radius 1 is 1.47 bits per heavy atom. The van der Waals surface area contributed by atoms with E-state index in [-0.39, 0.29) is 16.0 Å². The van der Waals surface area contributed by atoms with E-state index in [2.05, 4.69) is 12.2 Å². The number of aryl methyl sites for hydroxylation is 2. The minimum atomic E-state index is -0.360. The third kappa shape index (κ3) is 3.21. The van der Waals surface area contributed by atoms with E-state index in [0.29, 0.717) is 6.54 Å². The summed E-state index contributed by atoms with van der Waals surface area (Å²) < 4.78 is 5.50. The molecule has 2 aromatic heterocycles. The summed E-state index contributed by atoms with van der Waals surface area (Å²) in [5.74, 6) is 1.81. The molecule has 1 unspecified atom stereocenters. The van der Waals surface area contributed by atoms with Crippen LogP contribution in [0.2, 0.25) is 0 Å². The Kier molecular flexibility index (Phi) is 4.01. The second-order valence-corrected chi connectivity index (χ2v) is 5.62. The summed E-state index contributed by atoms with van der Waals surface area (Å²) in [5, 5.41) is 14.1. The van der Waals surface area contributed by atoms with Crippen LogP contribution < -0.4 is 5.32 Å². The summed E-state index contributed by atoms with van der Waals surface area (Å²) >= 11 is 1.20. The summed E-state index contributed by atoms with van der Waals surface area (Å²) in [6.07, 6.45) is 0. The normalized spacial score (nSPS) is 12.6. The molecule has 0 bridgehead atoms. The van der Waals surface area contributed by atoms with E-state index in [9.17, 15) is 10.1 Å². The van der Waals surface area contributed by atoms with Crippen LogP contribution in [0.3, 0.4) is 0 Å². The van der Waals surface area contributed by atoms with Crippen LogP contribution in [0.15, 0.2) is 22.6 Å². The molecule has 2 aromatic rings. The van der Waals surface area contributed by atoms with E-state index < -0.39 is 0 Å². The molecule has 0 amide bonds. The minimum Gasteiger partial charge on any atom is -0.466 e. The van der Waals surface area contributed by atoms with Crippen LogP contribution in [0.5, 0.6) is 0 Å². The SMILES string of the molecule is Cc1cc(C(C)NCc2ccc([N+](=O)[O-])s2)c(C)o1. The highest BCUT2D eigenvalue weighted by Crippen LogP contribution is 2.25. The lowest BCUT2D eigenvalue weighted by molar-refractivity contribution is -0.380. The number of nitrogens with zero attached hydrogens (tertiary/aromatic N) is 1. The Morgan fingerprint density at radius 3 is 2.74 bits per heavy atom. The average molecular weight is 280 g/mol. The van der Waals surface area contributed by atoms with Gasteiger partial charge < -0.3 is 9.73 Å². The van der Waals surface area contributed by atoms with Gasteiger partial charge in [-0.25, -0.2) is 0 Å². The fraction of sp³-hybridized carbons (Fsp3) is 0.385. The van der Waals surface area contributed by atoms with Crippen molar-refractivity contribution in [3.05, 3.63) is 50.3 Å². The minimum absolute atomic E-state index is 0.151. The number of thiophene rings is 1. The molecule has 5 nitrogen and oxygen atoms in total. The molecule has 0 aromatic carbocycles. The van der Waals surface area contributed by atoms with Crippen molar-refractivity contribution in [1.29, 1.82) is 0 Å². The fourth-order valence-corrected chi connectivity index (χ4v) is 2.77. The molecular weight excluding hydrogens is 264 g/mol. The molecule has 1 atom stereocenters. The van der Waals surface area contributed by atoms with Gasteiger partial charge in [-0.3, -0.25) is 10.1 Å². The van der Waals surface area contributed by atoms with Crippen LogP contribution in [0, 0.1) is 24.0 Å². The highest BCUT2D eigenvalue weighted by molar-refractivity contribution is 7.15. The third-order valence-corrected chi connectivity index (χ3v) is 3.99. The molecule has 0 spiro atoms. The zero-order valence-corrected chi connectivity index (χ0v) is 11.9. The number of hydrogen-bond donors (Lipinski definition) is 1. The van der Waals surface area contributed by atoms with Gasteiger partial charge >= 0.3 is 5.00 Å². The fourth-order valence-electron chi connectivity index (χ4n) is 2.00. The maximum atomic E-state index is 10.6. The Bertz CT molecular complexity index is 588. The monoisotopic (exact) mass is 280 g/mol. The van der Waals surface area contributed by atoms with Crippen LogP contribution in [0.25, 0.3) is 0 Å². The largest absolute Gasteiger partial charge is 0.466 e. The summed E-state index contributed by atoms with van der Waals surface area (Å²) in [7, 11) is 0. The van der Waals surface area contributed by atoms with Crippen molar-refractivity contribution in [1.82, 2.24) is 5.32 Å². The van der Waals surface area contributed by atoms with Gasteiger partial charge in [0.2, 0.25) is 0 Å². The van der Waals surface area contributed by atoms with Crippen LogP contribution in [0.1, 0.15) is 34.9 Å². The van der Waals surface area contributed by atoms with Gasteiger partial charge in [0.15, 0.2) is 0 Å². The molecule has 6 heteroatoms. The van der Waals surface area contributed by atoms with Crippen LogP contribution >= 0.6 is 11.3 Å². The molecule has 0 saturated heterocycles. The number of nitro groups is 1. The molecule has 0 radical (unpaired) electrons. The van der Waals surface area contributed by atoms with Gasteiger partial charge in [-0.15, -0.1) is 0 Å². The van der Waals surface area contributed by atoms with Crippen LogP contribution in [-0.2, 0) is 6.54 Å². The van der Waals surface area contributed by atoms with Gasteiger partial charge in [-0.2, -0.15) is 0 Å². The summed E-state index contributed by atoms with van der Waals surface area (Å²) in [6, 6.07) is 5.50. The van der Waals surface area contributed by atoms with Crippen molar-refractivity contribution in [2.24, 2.45) is 0 Å². The molecule has 0 aliphatic rings. The Balaban J connectivity index is 1.98. The second kappa shape index (κ2) is 5.54. The van der Waals surface area contributed by atoms with Crippen LogP contribution in [-0.4, -0.2) is 4.92 Å². The first kappa shape index (κ1) is 13.8. The zero-order valence-electron chi connectivity index (χ0n) is 11.1. The maximum Gasteiger partial charge on any atom is 0.324 e. The smallest absolute Gasteiger partial charge is 0.324 e. The molecule has 0 aliphatic heterocycles. The van der Waals surface area contributed by atoms with Crippen LogP contribution in [0.4, 0.5) is 5.00 Å². The van der Waals surface area contributed by atoms with E-state index >= 15 is 0 Å². The second-order valence-electron chi connectivity index (χ2n) is 4.47. The van der Waals surface area contributed by atoms with Crippen molar-refractivity contribution in [3.63, 3.8) is 0 Å². The molecule has 1 N–H and O–H groups in total. The van der Waals surface area contributed by atoms with Gasteiger partial charge in [0, 0.05) is 29.1 Å². The molecule has 2 rings (SSSR count). The number of furan rings is 1. The van der Waals surface area contributed by atoms with Gasteiger partial charge in [-0.1, -0.05) is 11.3 Å². The van der Waals surface area contributed by atoms with E-state index in [4.69, 9.17) is 4.42 Å². The van der Waals surface area contributed by atoms with Gasteiger partial charge in [0.05, 0.1) is 4.92 Å². The molecular formula is C13H16N2O3S. The lowest BCUT2D eigenvalue weighted by Crippen LogP contribution is -2.17. The lowest BCUT2D eigenvalue weighted by Gasteiger charge is -2.11. The molecule has 102 valence electrons. The van der Waals surface area contributed by atoms with E-state index in [0.717, 1.165) is 22.0 Å². The van der Waals surface area contributed by atoms with Crippen molar-refractivity contribution in [3.8, 4) is 0 Å². The van der Waals surface area contributed by atoms with E-state index in [1.165, 1.54) is 11.3 Å². The molecule has 0 aliphatic carbocycles. The topological polar surface area (TPSA) is 68.3 Å². The van der Waals surface area contributed by atoms with Crippen molar-refractivity contribution >= 4 is 16.3 Å². The Hall–Kier alpha value is -1.66.